The number of carbonyl (C=O) groups excluding carboxylic acids is 3. The molecule has 0 spiro atoms. The fourth-order valence-corrected chi connectivity index (χ4v) is 3.64. The van der Waals surface area contributed by atoms with Gasteiger partial charge in [-0.3, -0.25) is 14.4 Å². The highest BCUT2D eigenvalue weighted by Gasteiger charge is 2.62. The summed E-state index contributed by atoms with van der Waals surface area (Å²) in [7, 11) is 3.78. The van der Waals surface area contributed by atoms with Crippen LogP contribution in [0.4, 0.5) is 0 Å². The van der Waals surface area contributed by atoms with Gasteiger partial charge in [0.1, 0.15) is 0 Å². The first kappa shape index (κ1) is 16.3. The molecule has 6 heteroatoms. The van der Waals surface area contributed by atoms with Gasteiger partial charge in [-0.2, -0.15) is 0 Å². The van der Waals surface area contributed by atoms with Gasteiger partial charge >= 0.3 is 17.9 Å². The van der Waals surface area contributed by atoms with Crippen molar-refractivity contribution in [3.05, 3.63) is 24.3 Å². The third-order valence-corrected chi connectivity index (χ3v) is 4.71. The molecule has 0 radical (unpaired) electrons. The minimum Gasteiger partial charge on any atom is -0.469 e. The quantitative estimate of drug-likeness (QED) is 0.338. The molecule has 0 amide bonds. The van der Waals surface area contributed by atoms with Gasteiger partial charge in [-0.1, -0.05) is 24.3 Å². The topological polar surface area (TPSA) is 78.9 Å². The molecule has 0 unspecified atom stereocenters. The second-order valence-corrected chi connectivity index (χ2v) is 5.67. The maximum atomic E-state index is 12.4. The van der Waals surface area contributed by atoms with Crippen LogP contribution in [-0.2, 0) is 28.6 Å². The highest BCUT2D eigenvalue weighted by atomic mass is 16.5. The molecule has 2 aliphatic carbocycles. The Hall–Kier alpha value is -2.11. The summed E-state index contributed by atoms with van der Waals surface area (Å²) in [4.78, 5) is 36.6. The number of methoxy groups -OCH3 is 3. The molecular formula is C16H20O6. The number of allylic oxidation sites excluding steroid dienone is 2. The lowest BCUT2D eigenvalue weighted by Gasteiger charge is -2.34. The van der Waals surface area contributed by atoms with Crippen molar-refractivity contribution in [2.75, 3.05) is 21.3 Å². The van der Waals surface area contributed by atoms with E-state index in [9.17, 15) is 14.4 Å². The largest absolute Gasteiger partial charge is 0.469 e. The van der Waals surface area contributed by atoms with Gasteiger partial charge in [-0.15, -0.1) is 0 Å². The van der Waals surface area contributed by atoms with Gasteiger partial charge in [-0.05, 0) is 18.8 Å². The van der Waals surface area contributed by atoms with Crippen LogP contribution in [0.3, 0.4) is 0 Å². The van der Waals surface area contributed by atoms with Crippen molar-refractivity contribution in [3.8, 4) is 0 Å². The van der Waals surface area contributed by atoms with Crippen molar-refractivity contribution < 1.29 is 28.6 Å². The van der Waals surface area contributed by atoms with E-state index in [1.165, 1.54) is 21.3 Å². The maximum absolute atomic E-state index is 12.4. The average Bonchev–Trinajstić information content (AvgIpc) is 2.85. The number of carbonyl (C=O) groups is 3. The van der Waals surface area contributed by atoms with Gasteiger partial charge in [-0.25, -0.2) is 0 Å². The molecule has 0 aliphatic heterocycles. The average molecular weight is 308 g/mol. The Morgan fingerprint density at radius 1 is 1.09 bits per heavy atom. The van der Waals surface area contributed by atoms with Crippen LogP contribution >= 0.6 is 0 Å². The van der Waals surface area contributed by atoms with E-state index in [1.54, 1.807) is 6.08 Å². The fourth-order valence-electron chi connectivity index (χ4n) is 3.64. The summed E-state index contributed by atoms with van der Waals surface area (Å²) in [6.07, 6.45) is 4.06. The van der Waals surface area contributed by atoms with E-state index in [-0.39, 0.29) is 12.3 Å². The van der Waals surface area contributed by atoms with Gasteiger partial charge in [0.2, 0.25) is 0 Å². The van der Waals surface area contributed by atoms with Crippen molar-refractivity contribution in [2.24, 2.45) is 23.2 Å². The number of esters is 3. The zero-order valence-corrected chi connectivity index (χ0v) is 13.0. The van der Waals surface area contributed by atoms with Crippen LogP contribution in [-0.4, -0.2) is 39.2 Å². The standard InChI is InChI=1S/C16H20O6/c1-9-8-16(14(18)21-3,15(19)22-4)12-7-10(13(17)20-2)5-6-11(9)12/h5-6,10-12H,1,7-8H2,2-4H3/t10-,11-,12-/m1/s1. The van der Waals surface area contributed by atoms with Crippen molar-refractivity contribution in [1.29, 1.82) is 0 Å². The molecule has 0 aromatic rings. The molecule has 3 atom stereocenters. The maximum Gasteiger partial charge on any atom is 0.323 e. The van der Waals surface area contributed by atoms with E-state index in [0.29, 0.717) is 6.42 Å². The Labute approximate surface area is 129 Å². The third kappa shape index (κ3) is 2.23. The summed E-state index contributed by atoms with van der Waals surface area (Å²) in [5.74, 6) is -2.76. The lowest BCUT2D eigenvalue weighted by atomic mass is 9.68. The summed E-state index contributed by atoms with van der Waals surface area (Å²) >= 11 is 0. The fraction of sp³-hybridized carbons (Fsp3) is 0.562. The Bertz CT molecular complexity index is 531. The molecule has 1 fully saturated rings. The summed E-state index contributed by atoms with van der Waals surface area (Å²) in [5, 5.41) is 0. The molecule has 6 nitrogen and oxygen atoms in total. The Balaban J connectivity index is 2.46. The minimum absolute atomic E-state index is 0.154. The Morgan fingerprint density at radius 3 is 2.18 bits per heavy atom. The van der Waals surface area contributed by atoms with Crippen molar-refractivity contribution in [2.45, 2.75) is 12.8 Å². The first-order valence-electron chi connectivity index (χ1n) is 7.03. The van der Waals surface area contributed by atoms with Crippen molar-refractivity contribution in [3.63, 3.8) is 0 Å². The summed E-state index contributed by atoms with van der Waals surface area (Å²) in [6.45, 7) is 3.97. The van der Waals surface area contributed by atoms with Gasteiger partial charge in [0.15, 0.2) is 5.41 Å². The zero-order chi connectivity index (χ0) is 16.5. The van der Waals surface area contributed by atoms with Crippen LogP contribution in [0.1, 0.15) is 12.8 Å². The van der Waals surface area contributed by atoms with Crippen LogP contribution in [0.15, 0.2) is 24.3 Å². The zero-order valence-electron chi connectivity index (χ0n) is 13.0. The second-order valence-electron chi connectivity index (χ2n) is 5.67. The highest BCUT2D eigenvalue weighted by molar-refractivity contribution is 6.01. The summed E-state index contributed by atoms with van der Waals surface area (Å²) in [6, 6.07) is 0. The molecule has 0 saturated heterocycles. The van der Waals surface area contributed by atoms with Crippen LogP contribution in [0.25, 0.3) is 0 Å². The highest BCUT2D eigenvalue weighted by Crippen LogP contribution is 2.55. The monoisotopic (exact) mass is 308 g/mol. The third-order valence-electron chi connectivity index (χ3n) is 4.71. The Morgan fingerprint density at radius 2 is 1.68 bits per heavy atom. The lowest BCUT2D eigenvalue weighted by molar-refractivity contribution is -0.174. The number of rotatable bonds is 3. The van der Waals surface area contributed by atoms with E-state index in [2.05, 4.69) is 6.58 Å². The van der Waals surface area contributed by atoms with Crippen LogP contribution < -0.4 is 0 Å². The molecule has 0 N–H and O–H groups in total. The first-order valence-corrected chi connectivity index (χ1v) is 7.03. The molecule has 0 heterocycles. The molecule has 22 heavy (non-hydrogen) atoms. The number of ether oxygens (including phenoxy) is 3. The smallest absolute Gasteiger partial charge is 0.323 e. The second kappa shape index (κ2) is 5.94. The van der Waals surface area contributed by atoms with Crippen LogP contribution in [0.5, 0.6) is 0 Å². The van der Waals surface area contributed by atoms with E-state index >= 15 is 0 Å². The molecule has 2 aliphatic rings. The van der Waals surface area contributed by atoms with Gasteiger partial charge in [0, 0.05) is 5.92 Å². The number of hydrogen-bond acceptors (Lipinski definition) is 6. The van der Waals surface area contributed by atoms with E-state index in [1.807, 2.05) is 6.08 Å². The molecule has 2 rings (SSSR count). The van der Waals surface area contributed by atoms with Gasteiger partial charge < -0.3 is 14.2 Å². The SMILES string of the molecule is C=C1CC(C(=O)OC)(C(=O)OC)[C@@H]2C[C@H](C(=O)OC)C=C[C@H]12. The van der Waals surface area contributed by atoms with Gasteiger partial charge in [0.25, 0.3) is 0 Å². The predicted octanol–water partition coefficient (Wildman–Crippen LogP) is 1.26. The first-order chi connectivity index (χ1) is 10.4. The summed E-state index contributed by atoms with van der Waals surface area (Å²) in [5.41, 5.74) is -0.678. The van der Waals surface area contributed by atoms with E-state index < -0.39 is 35.2 Å². The van der Waals surface area contributed by atoms with Crippen molar-refractivity contribution in [1.82, 2.24) is 0 Å². The lowest BCUT2D eigenvalue weighted by Crippen LogP contribution is -2.46. The molecule has 120 valence electrons. The molecule has 0 bridgehead atoms. The number of hydrogen-bond donors (Lipinski definition) is 0. The molecule has 0 aromatic heterocycles. The molecule has 0 aromatic carbocycles. The van der Waals surface area contributed by atoms with Crippen molar-refractivity contribution >= 4 is 17.9 Å². The van der Waals surface area contributed by atoms with E-state index in [0.717, 1.165) is 5.57 Å². The van der Waals surface area contributed by atoms with Crippen LogP contribution in [0, 0.1) is 23.2 Å². The normalized spacial score (nSPS) is 28.7. The predicted molar refractivity (Wildman–Crippen MR) is 76.5 cm³/mol. The Kier molecular flexibility index (Phi) is 4.39. The molecule has 1 saturated carbocycles. The van der Waals surface area contributed by atoms with Crippen LogP contribution in [0.2, 0.25) is 0 Å². The van der Waals surface area contributed by atoms with Gasteiger partial charge in [0.05, 0.1) is 27.2 Å². The summed E-state index contributed by atoms with van der Waals surface area (Å²) < 4.78 is 14.5. The molecular weight excluding hydrogens is 288 g/mol. The minimum atomic E-state index is -1.44. The van der Waals surface area contributed by atoms with E-state index in [4.69, 9.17) is 14.2 Å². The number of fused-ring (bicyclic) bond motifs is 1.